The SMILES string of the molecule is COc1ccc(Cl)cc1NC(=O)/C(C#N)=C\NCCNC(C)=O. The van der Waals surface area contributed by atoms with Crippen molar-refractivity contribution in [2.45, 2.75) is 6.92 Å². The molecule has 0 saturated carbocycles. The third kappa shape index (κ3) is 6.28. The standard InChI is InChI=1S/C15H17ClN4O3/c1-10(21)19-6-5-18-9-11(8-17)15(22)20-13-7-12(16)3-4-14(13)23-2/h3-4,7,9,18H,5-6H2,1-2H3,(H,19,21)(H,20,22)/b11-9-. The van der Waals surface area contributed by atoms with Crippen LogP contribution in [-0.2, 0) is 9.59 Å². The number of nitriles is 1. The zero-order chi connectivity index (χ0) is 17.2. The molecule has 0 aliphatic carbocycles. The van der Waals surface area contributed by atoms with Crippen molar-refractivity contribution < 1.29 is 14.3 Å². The van der Waals surface area contributed by atoms with Crippen LogP contribution in [0.1, 0.15) is 6.92 Å². The molecular weight excluding hydrogens is 320 g/mol. The molecule has 8 heteroatoms. The summed E-state index contributed by atoms with van der Waals surface area (Å²) in [7, 11) is 1.46. The molecule has 0 aliphatic rings. The van der Waals surface area contributed by atoms with Crippen LogP contribution in [0.15, 0.2) is 30.0 Å². The molecule has 23 heavy (non-hydrogen) atoms. The smallest absolute Gasteiger partial charge is 0.267 e. The van der Waals surface area contributed by atoms with E-state index in [-0.39, 0.29) is 11.5 Å². The van der Waals surface area contributed by atoms with Gasteiger partial charge in [-0.2, -0.15) is 5.26 Å². The lowest BCUT2D eigenvalue weighted by atomic mass is 10.2. The van der Waals surface area contributed by atoms with Crippen LogP contribution in [0.2, 0.25) is 5.02 Å². The van der Waals surface area contributed by atoms with Crippen LogP contribution >= 0.6 is 11.6 Å². The van der Waals surface area contributed by atoms with E-state index in [1.165, 1.54) is 26.3 Å². The molecule has 0 radical (unpaired) electrons. The van der Waals surface area contributed by atoms with Crippen LogP contribution in [-0.4, -0.2) is 32.0 Å². The molecule has 0 bridgehead atoms. The summed E-state index contributed by atoms with van der Waals surface area (Å²) in [4.78, 5) is 22.8. The van der Waals surface area contributed by atoms with Crippen molar-refractivity contribution in [2.24, 2.45) is 0 Å². The number of rotatable bonds is 7. The van der Waals surface area contributed by atoms with Gasteiger partial charge >= 0.3 is 0 Å². The van der Waals surface area contributed by atoms with Crippen LogP contribution in [0.5, 0.6) is 5.75 Å². The summed E-state index contributed by atoms with van der Waals surface area (Å²) < 4.78 is 5.12. The molecule has 0 saturated heterocycles. The Morgan fingerprint density at radius 2 is 2.13 bits per heavy atom. The highest BCUT2D eigenvalue weighted by molar-refractivity contribution is 6.31. The summed E-state index contributed by atoms with van der Waals surface area (Å²) in [5.41, 5.74) is 0.249. The second-order valence-corrected chi connectivity index (χ2v) is 4.84. The lowest BCUT2D eigenvalue weighted by Crippen LogP contribution is -2.28. The molecule has 0 spiro atoms. The van der Waals surface area contributed by atoms with Gasteiger partial charge in [-0.25, -0.2) is 0 Å². The monoisotopic (exact) mass is 336 g/mol. The maximum atomic E-state index is 12.1. The zero-order valence-corrected chi connectivity index (χ0v) is 13.5. The summed E-state index contributed by atoms with van der Waals surface area (Å²) in [6, 6.07) is 6.56. The van der Waals surface area contributed by atoms with Crippen LogP contribution in [0.25, 0.3) is 0 Å². The van der Waals surface area contributed by atoms with Crippen molar-refractivity contribution in [3.8, 4) is 11.8 Å². The summed E-state index contributed by atoms with van der Waals surface area (Å²) in [5.74, 6) is -0.319. The first-order valence-corrected chi connectivity index (χ1v) is 7.08. The second kappa shape index (κ2) is 9.33. The molecule has 1 rings (SSSR count). The number of carbonyl (C=O) groups excluding carboxylic acids is 2. The molecule has 0 aliphatic heterocycles. The Labute approximate surface area is 139 Å². The van der Waals surface area contributed by atoms with Crippen LogP contribution in [0, 0.1) is 11.3 Å². The van der Waals surface area contributed by atoms with Gasteiger partial charge in [0.1, 0.15) is 17.4 Å². The maximum Gasteiger partial charge on any atom is 0.267 e. The van der Waals surface area contributed by atoms with Crippen molar-refractivity contribution in [3.05, 3.63) is 35.0 Å². The number of anilines is 1. The number of amides is 2. The number of benzene rings is 1. The fraction of sp³-hybridized carbons (Fsp3) is 0.267. The molecule has 0 unspecified atom stereocenters. The molecular formula is C15H17ClN4O3. The molecule has 122 valence electrons. The van der Waals surface area contributed by atoms with Crippen LogP contribution in [0.4, 0.5) is 5.69 Å². The predicted octanol–water partition coefficient (Wildman–Crippen LogP) is 1.42. The van der Waals surface area contributed by atoms with Gasteiger partial charge in [-0.05, 0) is 18.2 Å². The molecule has 2 amide bonds. The number of methoxy groups -OCH3 is 1. The quantitative estimate of drug-likeness (QED) is 0.397. The normalized spacial score (nSPS) is 10.4. The minimum atomic E-state index is -0.597. The Balaban J connectivity index is 2.69. The fourth-order valence-electron chi connectivity index (χ4n) is 1.60. The van der Waals surface area contributed by atoms with E-state index in [4.69, 9.17) is 21.6 Å². The molecule has 0 fully saturated rings. The van der Waals surface area contributed by atoms with E-state index in [2.05, 4.69) is 16.0 Å². The highest BCUT2D eigenvalue weighted by Crippen LogP contribution is 2.27. The lowest BCUT2D eigenvalue weighted by molar-refractivity contribution is -0.119. The third-order valence-corrected chi connectivity index (χ3v) is 2.90. The average molecular weight is 337 g/mol. The molecule has 0 aromatic heterocycles. The summed E-state index contributed by atoms with van der Waals surface area (Å²) in [5, 5.41) is 17.4. The molecule has 1 aromatic rings. The van der Waals surface area contributed by atoms with Crippen molar-refractivity contribution in [1.82, 2.24) is 10.6 Å². The Hall–Kier alpha value is -2.72. The average Bonchev–Trinajstić information content (AvgIpc) is 2.50. The van der Waals surface area contributed by atoms with Crippen molar-refractivity contribution >= 4 is 29.1 Å². The number of hydrogen-bond acceptors (Lipinski definition) is 5. The largest absolute Gasteiger partial charge is 0.495 e. The van der Waals surface area contributed by atoms with Gasteiger partial charge in [0.15, 0.2) is 0 Å². The van der Waals surface area contributed by atoms with Crippen LogP contribution in [0.3, 0.4) is 0 Å². The minimum absolute atomic E-state index is 0.116. The van der Waals surface area contributed by atoms with Crippen LogP contribution < -0.4 is 20.7 Å². The number of ether oxygens (including phenoxy) is 1. The van der Waals surface area contributed by atoms with E-state index in [0.29, 0.717) is 29.5 Å². The molecule has 0 heterocycles. The Kier molecular flexibility index (Phi) is 7.43. The van der Waals surface area contributed by atoms with E-state index in [1.807, 2.05) is 0 Å². The summed E-state index contributed by atoms with van der Waals surface area (Å²) in [6.07, 6.45) is 1.29. The van der Waals surface area contributed by atoms with Gasteiger partial charge in [0, 0.05) is 31.2 Å². The van der Waals surface area contributed by atoms with Gasteiger partial charge in [0.2, 0.25) is 5.91 Å². The first kappa shape index (κ1) is 18.3. The summed E-state index contributed by atoms with van der Waals surface area (Å²) in [6.45, 7) is 2.18. The Morgan fingerprint density at radius 1 is 1.39 bits per heavy atom. The number of carbonyl (C=O) groups is 2. The van der Waals surface area contributed by atoms with Crippen molar-refractivity contribution in [1.29, 1.82) is 5.26 Å². The minimum Gasteiger partial charge on any atom is -0.495 e. The molecule has 1 aromatic carbocycles. The zero-order valence-electron chi connectivity index (χ0n) is 12.8. The van der Waals surface area contributed by atoms with Gasteiger partial charge in [0.25, 0.3) is 5.91 Å². The molecule has 0 atom stereocenters. The van der Waals surface area contributed by atoms with E-state index in [1.54, 1.807) is 18.2 Å². The van der Waals surface area contributed by atoms with E-state index >= 15 is 0 Å². The van der Waals surface area contributed by atoms with Gasteiger partial charge in [-0.15, -0.1) is 0 Å². The third-order valence-electron chi connectivity index (χ3n) is 2.66. The number of hydrogen-bond donors (Lipinski definition) is 3. The van der Waals surface area contributed by atoms with Gasteiger partial charge in [0.05, 0.1) is 12.8 Å². The molecule has 7 nitrogen and oxygen atoms in total. The Bertz CT molecular complexity index is 653. The van der Waals surface area contributed by atoms with Gasteiger partial charge in [-0.1, -0.05) is 11.6 Å². The molecule has 3 N–H and O–H groups in total. The van der Waals surface area contributed by atoms with E-state index in [0.717, 1.165) is 0 Å². The number of halogens is 1. The first-order valence-electron chi connectivity index (χ1n) is 6.71. The Morgan fingerprint density at radius 3 is 2.74 bits per heavy atom. The predicted molar refractivity (Wildman–Crippen MR) is 87.0 cm³/mol. The van der Waals surface area contributed by atoms with E-state index in [9.17, 15) is 9.59 Å². The topological polar surface area (TPSA) is 103 Å². The number of nitrogens with one attached hydrogen (secondary N) is 3. The second-order valence-electron chi connectivity index (χ2n) is 4.41. The summed E-state index contributed by atoms with van der Waals surface area (Å²) >= 11 is 5.88. The van der Waals surface area contributed by atoms with E-state index < -0.39 is 5.91 Å². The highest BCUT2D eigenvalue weighted by Gasteiger charge is 2.12. The first-order chi connectivity index (χ1) is 11.0. The van der Waals surface area contributed by atoms with Gasteiger partial charge in [-0.3, -0.25) is 9.59 Å². The number of nitrogens with zero attached hydrogens (tertiary/aromatic N) is 1. The fourth-order valence-corrected chi connectivity index (χ4v) is 1.77. The van der Waals surface area contributed by atoms with Crippen molar-refractivity contribution in [2.75, 3.05) is 25.5 Å². The highest BCUT2D eigenvalue weighted by atomic mass is 35.5. The lowest BCUT2D eigenvalue weighted by Gasteiger charge is -2.10. The van der Waals surface area contributed by atoms with Gasteiger partial charge < -0.3 is 20.7 Å². The van der Waals surface area contributed by atoms with Crippen molar-refractivity contribution in [3.63, 3.8) is 0 Å². The maximum absolute atomic E-state index is 12.1.